The summed E-state index contributed by atoms with van der Waals surface area (Å²) in [7, 11) is 0. The molecule has 0 fully saturated rings. The lowest BCUT2D eigenvalue weighted by atomic mass is 10.0. The third-order valence-electron chi connectivity index (χ3n) is 2.61. The third kappa shape index (κ3) is 3.81. The van der Waals surface area contributed by atoms with E-state index in [1.54, 1.807) is 12.1 Å². The van der Waals surface area contributed by atoms with Crippen LogP contribution >= 0.6 is 0 Å². The number of nitrogens with zero attached hydrogens (tertiary/aromatic N) is 1. The number of carboxylic acids is 1. The van der Waals surface area contributed by atoms with Gasteiger partial charge in [-0.3, -0.25) is 14.9 Å². The smallest absolute Gasteiger partial charge is 0.320 e. The van der Waals surface area contributed by atoms with Gasteiger partial charge in [0.2, 0.25) is 0 Å². The van der Waals surface area contributed by atoms with Gasteiger partial charge in [-0.1, -0.05) is 26.0 Å². The molecule has 1 aromatic rings. The molecular weight excluding hydrogens is 236 g/mol. The predicted molar refractivity (Wildman–Crippen MR) is 66.2 cm³/mol. The Morgan fingerprint density at radius 1 is 1.39 bits per heavy atom. The van der Waals surface area contributed by atoms with Crippen LogP contribution in [0.4, 0.5) is 5.69 Å². The molecule has 0 saturated carbocycles. The molecular formula is C12H16N2O4. The van der Waals surface area contributed by atoms with Gasteiger partial charge in [-0.2, -0.15) is 0 Å². The zero-order valence-corrected chi connectivity index (χ0v) is 10.3. The fourth-order valence-electron chi connectivity index (χ4n) is 1.57. The monoisotopic (exact) mass is 252 g/mol. The maximum absolute atomic E-state index is 11.0. The van der Waals surface area contributed by atoms with E-state index < -0.39 is 16.9 Å². The minimum absolute atomic E-state index is 0.0254. The van der Waals surface area contributed by atoms with Gasteiger partial charge < -0.3 is 10.4 Å². The van der Waals surface area contributed by atoms with Gasteiger partial charge >= 0.3 is 5.97 Å². The van der Waals surface area contributed by atoms with E-state index in [2.05, 4.69) is 5.32 Å². The van der Waals surface area contributed by atoms with Gasteiger partial charge in [0.05, 0.1) is 4.92 Å². The van der Waals surface area contributed by atoms with Crippen LogP contribution in [0.2, 0.25) is 0 Å². The van der Waals surface area contributed by atoms with E-state index in [0.717, 1.165) is 5.56 Å². The molecule has 6 nitrogen and oxygen atoms in total. The lowest BCUT2D eigenvalue weighted by molar-refractivity contribution is -0.384. The molecule has 2 N–H and O–H groups in total. The Morgan fingerprint density at radius 2 is 1.94 bits per heavy atom. The number of carbonyl (C=O) groups is 1. The van der Waals surface area contributed by atoms with Crippen molar-refractivity contribution in [1.82, 2.24) is 5.32 Å². The topological polar surface area (TPSA) is 92.5 Å². The quantitative estimate of drug-likeness (QED) is 0.594. The molecule has 1 aromatic carbocycles. The summed E-state index contributed by atoms with van der Waals surface area (Å²) in [5.74, 6) is -0.924. The number of benzene rings is 1. The van der Waals surface area contributed by atoms with Crippen molar-refractivity contribution in [2.24, 2.45) is 5.92 Å². The van der Waals surface area contributed by atoms with Crippen molar-refractivity contribution in [3.63, 3.8) is 0 Å². The second-order valence-electron chi connectivity index (χ2n) is 4.36. The Balaban J connectivity index is 2.62. The summed E-state index contributed by atoms with van der Waals surface area (Å²) in [5, 5.41) is 22.4. The molecule has 0 aliphatic carbocycles. The molecule has 0 amide bonds. The van der Waals surface area contributed by atoms with Crippen LogP contribution < -0.4 is 5.32 Å². The first-order chi connectivity index (χ1) is 8.41. The van der Waals surface area contributed by atoms with Gasteiger partial charge in [-0.05, 0) is 11.5 Å². The molecule has 0 saturated heterocycles. The fraction of sp³-hybridized carbons (Fsp3) is 0.417. The Kier molecular flexibility index (Phi) is 4.79. The van der Waals surface area contributed by atoms with E-state index in [4.69, 9.17) is 5.11 Å². The Bertz CT molecular complexity index is 428. The van der Waals surface area contributed by atoms with Gasteiger partial charge in [0.25, 0.3) is 5.69 Å². The first kappa shape index (κ1) is 14.1. The van der Waals surface area contributed by atoms with Crippen molar-refractivity contribution in [1.29, 1.82) is 0 Å². The second-order valence-corrected chi connectivity index (χ2v) is 4.36. The SMILES string of the molecule is CC(C)[C@@H](NCc1ccc([N+](=O)[O-])cc1)C(=O)O. The van der Waals surface area contributed by atoms with Gasteiger partial charge in [-0.15, -0.1) is 0 Å². The van der Waals surface area contributed by atoms with Crippen LogP contribution in [-0.4, -0.2) is 22.0 Å². The van der Waals surface area contributed by atoms with E-state index in [0.29, 0.717) is 6.54 Å². The summed E-state index contributed by atoms with van der Waals surface area (Å²) in [6, 6.07) is 5.42. The summed E-state index contributed by atoms with van der Waals surface area (Å²) in [4.78, 5) is 21.0. The number of aliphatic carboxylic acids is 1. The van der Waals surface area contributed by atoms with Crippen LogP contribution in [-0.2, 0) is 11.3 Å². The molecule has 0 aliphatic heterocycles. The van der Waals surface area contributed by atoms with Crippen molar-refractivity contribution in [3.05, 3.63) is 39.9 Å². The Morgan fingerprint density at radius 3 is 2.33 bits per heavy atom. The number of hydrogen-bond donors (Lipinski definition) is 2. The van der Waals surface area contributed by atoms with Gasteiger partial charge in [0.1, 0.15) is 6.04 Å². The molecule has 0 unspecified atom stereocenters. The summed E-state index contributed by atoms with van der Waals surface area (Å²) in [5.41, 5.74) is 0.838. The van der Waals surface area contributed by atoms with Crippen LogP contribution in [0.25, 0.3) is 0 Å². The van der Waals surface area contributed by atoms with Gasteiger partial charge in [0.15, 0.2) is 0 Å². The zero-order chi connectivity index (χ0) is 13.7. The summed E-state index contributed by atoms with van der Waals surface area (Å²) >= 11 is 0. The number of nitro groups is 1. The van der Waals surface area contributed by atoms with Crippen molar-refractivity contribution in [3.8, 4) is 0 Å². The fourth-order valence-corrected chi connectivity index (χ4v) is 1.57. The number of rotatable bonds is 6. The summed E-state index contributed by atoms with van der Waals surface area (Å²) in [6.45, 7) is 4.01. The largest absolute Gasteiger partial charge is 0.480 e. The number of carboxylic acid groups (broad SMARTS) is 1. The average molecular weight is 252 g/mol. The highest BCUT2D eigenvalue weighted by Gasteiger charge is 2.20. The third-order valence-corrected chi connectivity index (χ3v) is 2.61. The minimum Gasteiger partial charge on any atom is -0.480 e. The first-order valence-electron chi connectivity index (χ1n) is 5.61. The van der Waals surface area contributed by atoms with E-state index >= 15 is 0 Å². The van der Waals surface area contributed by atoms with E-state index in [1.165, 1.54) is 12.1 Å². The summed E-state index contributed by atoms with van der Waals surface area (Å²) in [6.07, 6.45) is 0. The molecule has 0 aromatic heterocycles. The van der Waals surface area contributed by atoms with E-state index in [9.17, 15) is 14.9 Å². The van der Waals surface area contributed by atoms with Crippen LogP contribution in [0.1, 0.15) is 19.4 Å². The second kappa shape index (κ2) is 6.11. The number of nitro benzene ring substituents is 1. The van der Waals surface area contributed by atoms with Crippen molar-refractivity contribution in [2.45, 2.75) is 26.4 Å². The Labute approximate surface area is 105 Å². The molecule has 0 heterocycles. The van der Waals surface area contributed by atoms with Crippen molar-refractivity contribution < 1.29 is 14.8 Å². The zero-order valence-electron chi connectivity index (χ0n) is 10.3. The minimum atomic E-state index is -0.896. The lowest BCUT2D eigenvalue weighted by Crippen LogP contribution is -2.40. The average Bonchev–Trinajstić information content (AvgIpc) is 2.28. The molecule has 1 atom stereocenters. The van der Waals surface area contributed by atoms with E-state index in [1.807, 2.05) is 13.8 Å². The molecule has 18 heavy (non-hydrogen) atoms. The maximum atomic E-state index is 11.0. The molecule has 0 spiro atoms. The molecule has 0 aliphatic rings. The Hall–Kier alpha value is -1.95. The number of non-ortho nitro benzene ring substituents is 1. The highest BCUT2D eigenvalue weighted by molar-refractivity contribution is 5.73. The highest BCUT2D eigenvalue weighted by Crippen LogP contribution is 2.12. The number of hydrogen-bond acceptors (Lipinski definition) is 4. The summed E-state index contributed by atoms with van der Waals surface area (Å²) < 4.78 is 0. The van der Waals surface area contributed by atoms with Crippen molar-refractivity contribution in [2.75, 3.05) is 0 Å². The molecule has 0 radical (unpaired) electrons. The van der Waals surface area contributed by atoms with Crippen LogP contribution in [0, 0.1) is 16.0 Å². The van der Waals surface area contributed by atoms with Gasteiger partial charge in [-0.25, -0.2) is 0 Å². The molecule has 6 heteroatoms. The molecule has 0 bridgehead atoms. The molecule has 1 rings (SSSR count). The maximum Gasteiger partial charge on any atom is 0.320 e. The lowest BCUT2D eigenvalue weighted by Gasteiger charge is -2.17. The number of nitrogens with one attached hydrogen (secondary N) is 1. The normalized spacial score (nSPS) is 12.4. The van der Waals surface area contributed by atoms with Crippen LogP contribution in [0.15, 0.2) is 24.3 Å². The standard InChI is InChI=1S/C12H16N2O4/c1-8(2)11(12(15)16)13-7-9-3-5-10(6-4-9)14(17)18/h3-6,8,11,13H,7H2,1-2H3,(H,15,16)/t11-/m1/s1. The first-order valence-corrected chi connectivity index (χ1v) is 5.61. The van der Waals surface area contributed by atoms with Gasteiger partial charge in [0, 0.05) is 18.7 Å². The van der Waals surface area contributed by atoms with Crippen LogP contribution in [0.5, 0.6) is 0 Å². The van der Waals surface area contributed by atoms with Crippen molar-refractivity contribution >= 4 is 11.7 Å². The molecule has 98 valence electrons. The highest BCUT2D eigenvalue weighted by atomic mass is 16.6. The van der Waals surface area contributed by atoms with E-state index in [-0.39, 0.29) is 11.6 Å². The predicted octanol–water partition coefficient (Wildman–Crippen LogP) is 1.79. The van der Waals surface area contributed by atoms with Crippen LogP contribution in [0.3, 0.4) is 0 Å².